The van der Waals surface area contributed by atoms with Gasteiger partial charge in [0.05, 0.1) is 7.11 Å². The predicted octanol–water partition coefficient (Wildman–Crippen LogP) is 2.60. The van der Waals surface area contributed by atoms with E-state index >= 15 is 0 Å². The topological polar surface area (TPSA) is 96.5 Å². The van der Waals surface area contributed by atoms with Crippen molar-refractivity contribution in [2.45, 2.75) is 59.2 Å². The molecule has 3 N–H and O–H groups in total. The molecule has 3 amide bonds. The third kappa shape index (κ3) is 8.11. The van der Waals surface area contributed by atoms with Gasteiger partial charge >= 0.3 is 6.09 Å². The van der Waals surface area contributed by atoms with Crippen LogP contribution in [0, 0.1) is 5.92 Å². The number of ether oxygens (including phenoxy) is 1. The van der Waals surface area contributed by atoms with Crippen LogP contribution in [0.3, 0.4) is 0 Å². The Balaban J connectivity index is 2.72. The molecule has 0 aliphatic carbocycles. The van der Waals surface area contributed by atoms with Gasteiger partial charge in [-0.3, -0.25) is 9.59 Å². The normalized spacial score (nSPS) is 12.8. The van der Waals surface area contributed by atoms with E-state index in [0.29, 0.717) is 12.0 Å². The molecule has 0 aliphatic heterocycles. The van der Waals surface area contributed by atoms with E-state index in [0.717, 1.165) is 12.0 Å². The van der Waals surface area contributed by atoms with Crippen LogP contribution in [0.15, 0.2) is 24.3 Å². The van der Waals surface area contributed by atoms with Crippen LogP contribution in [0.5, 0.6) is 0 Å². The molecular weight excluding hydrogens is 346 g/mol. The Morgan fingerprint density at radius 2 is 1.81 bits per heavy atom. The summed E-state index contributed by atoms with van der Waals surface area (Å²) < 4.78 is 4.58. The van der Waals surface area contributed by atoms with Crippen molar-refractivity contribution < 1.29 is 19.1 Å². The van der Waals surface area contributed by atoms with Gasteiger partial charge in [-0.05, 0) is 43.4 Å². The Labute approximate surface area is 161 Å². The van der Waals surface area contributed by atoms with Crippen molar-refractivity contribution in [2.75, 3.05) is 7.11 Å². The number of methoxy groups -OCH3 is 1. The largest absolute Gasteiger partial charge is 0.453 e. The molecular formula is C20H31N3O4. The zero-order valence-electron chi connectivity index (χ0n) is 16.8. The lowest BCUT2D eigenvalue weighted by Gasteiger charge is -2.19. The summed E-state index contributed by atoms with van der Waals surface area (Å²) in [6, 6.07) is 6.54. The molecule has 150 valence electrons. The molecule has 27 heavy (non-hydrogen) atoms. The van der Waals surface area contributed by atoms with Crippen molar-refractivity contribution in [1.29, 1.82) is 0 Å². The number of carbonyl (C=O) groups excluding carboxylic acids is 3. The highest BCUT2D eigenvalue weighted by Crippen LogP contribution is 2.08. The van der Waals surface area contributed by atoms with Gasteiger partial charge in [0.25, 0.3) is 5.91 Å². The van der Waals surface area contributed by atoms with Gasteiger partial charge < -0.3 is 20.7 Å². The van der Waals surface area contributed by atoms with E-state index in [4.69, 9.17) is 0 Å². The maximum absolute atomic E-state index is 12.4. The zero-order chi connectivity index (χ0) is 20.4. The minimum Gasteiger partial charge on any atom is -0.453 e. The average Bonchev–Trinajstić information content (AvgIpc) is 2.65. The highest BCUT2D eigenvalue weighted by atomic mass is 16.5. The standard InChI is InChI=1S/C20H31N3O4/c1-6-14(4)22-18(24)16-9-7-8-15(11-16)12-21-19(25)17(10-13(2)3)23-20(26)27-5/h7-9,11,13-14,17H,6,10,12H2,1-5H3,(H,21,25)(H,22,24)(H,23,26). The minimum atomic E-state index is -0.672. The lowest BCUT2D eigenvalue weighted by molar-refractivity contribution is -0.123. The summed E-state index contributed by atoms with van der Waals surface area (Å²) in [6.45, 7) is 8.16. The smallest absolute Gasteiger partial charge is 0.407 e. The molecule has 1 aromatic carbocycles. The lowest BCUT2D eigenvalue weighted by atomic mass is 10.0. The molecule has 0 heterocycles. The van der Waals surface area contributed by atoms with Crippen molar-refractivity contribution in [3.8, 4) is 0 Å². The van der Waals surface area contributed by atoms with Crippen molar-refractivity contribution in [2.24, 2.45) is 5.92 Å². The molecule has 0 fully saturated rings. The number of nitrogens with one attached hydrogen (secondary N) is 3. The second-order valence-corrected chi connectivity index (χ2v) is 7.02. The van der Waals surface area contributed by atoms with Gasteiger partial charge in [-0.2, -0.15) is 0 Å². The molecule has 7 heteroatoms. The second kappa shape index (κ2) is 11.2. The van der Waals surface area contributed by atoms with Gasteiger partial charge in [0.1, 0.15) is 6.04 Å². The molecule has 7 nitrogen and oxygen atoms in total. The molecule has 0 bridgehead atoms. The van der Waals surface area contributed by atoms with Crippen LogP contribution in [0.2, 0.25) is 0 Å². The number of benzene rings is 1. The first-order chi connectivity index (χ1) is 12.8. The fourth-order valence-electron chi connectivity index (χ4n) is 2.45. The monoisotopic (exact) mass is 377 g/mol. The van der Waals surface area contributed by atoms with Crippen LogP contribution in [-0.4, -0.2) is 37.1 Å². The zero-order valence-corrected chi connectivity index (χ0v) is 16.8. The Morgan fingerprint density at radius 3 is 2.41 bits per heavy atom. The number of hydrogen-bond donors (Lipinski definition) is 3. The lowest BCUT2D eigenvalue weighted by Crippen LogP contribution is -2.47. The van der Waals surface area contributed by atoms with E-state index in [2.05, 4.69) is 20.7 Å². The summed E-state index contributed by atoms with van der Waals surface area (Å²) in [5.41, 5.74) is 1.36. The molecule has 0 radical (unpaired) electrons. The number of alkyl carbamates (subject to hydrolysis) is 1. The molecule has 0 aromatic heterocycles. The first kappa shape index (κ1) is 22.5. The SMILES string of the molecule is CCC(C)NC(=O)c1cccc(CNC(=O)C(CC(C)C)NC(=O)OC)c1. The summed E-state index contributed by atoms with van der Waals surface area (Å²) in [4.78, 5) is 36.1. The Bertz CT molecular complexity index is 646. The van der Waals surface area contributed by atoms with Crippen LogP contribution < -0.4 is 16.0 Å². The first-order valence-electron chi connectivity index (χ1n) is 9.28. The average molecular weight is 377 g/mol. The van der Waals surface area contributed by atoms with E-state index in [1.165, 1.54) is 7.11 Å². The fourth-order valence-corrected chi connectivity index (χ4v) is 2.45. The Morgan fingerprint density at radius 1 is 1.11 bits per heavy atom. The molecule has 0 saturated carbocycles. The third-order valence-corrected chi connectivity index (χ3v) is 4.15. The van der Waals surface area contributed by atoms with Crippen molar-refractivity contribution in [3.63, 3.8) is 0 Å². The summed E-state index contributed by atoms with van der Waals surface area (Å²) in [5, 5.41) is 8.28. The highest BCUT2D eigenvalue weighted by Gasteiger charge is 2.22. The molecule has 0 saturated heterocycles. The van der Waals surface area contributed by atoms with Gasteiger partial charge in [-0.15, -0.1) is 0 Å². The molecule has 0 spiro atoms. The molecule has 1 aromatic rings. The Kier molecular flexibility index (Phi) is 9.33. The van der Waals surface area contributed by atoms with Crippen LogP contribution in [0.1, 0.15) is 56.5 Å². The van der Waals surface area contributed by atoms with Crippen molar-refractivity contribution in [1.82, 2.24) is 16.0 Å². The van der Waals surface area contributed by atoms with Crippen LogP contribution in [0.4, 0.5) is 4.79 Å². The first-order valence-corrected chi connectivity index (χ1v) is 9.28. The van der Waals surface area contributed by atoms with Gasteiger partial charge in [-0.1, -0.05) is 32.9 Å². The second-order valence-electron chi connectivity index (χ2n) is 7.02. The maximum atomic E-state index is 12.4. The number of carbonyl (C=O) groups is 3. The van der Waals surface area contributed by atoms with E-state index < -0.39 is 12.1 Å². The van der Waals surface area contributed by atoms with E-state index in [9.17, 15) is 14.4 Å². The molecule has 2 unspecified atom stereocenters. The summed E-state index contributed by atoms with van der Waals surface area (Å²) in [7, 11) is 1.26. The van der Waals surface area contributed by atoms with Crippen LogP contribution in [-0.2, 0) is 16.1 Å². The highest BCUT2D eigenvalue weighted by molar-refractivity contribution is 5.94. The van der Waals surface area contributed by atoms with Gasteiger partial charge in [0.2, 0.25) is 5.91 Å². The van der Waals surface area contributed by atoms with Crippen LogP contribution in [0.25, 0.3) is 0 Å². The summed E-state index contributed by atoms with van der Waals surface area (Å²) in [5.74, 6) is -0.198. The minimum absolute atomic E-state index is 0.0991. The number of hydrogen-bond acceptors (Lipinski definition) is 4. The van der Waals surface area contributed by atoms with Crippen LogP contribution >= 0.6 is 0 Å². The van der Waals surface area contributed by atoms with E-state index in [1.54, 1.807) is 18.2 Å². The molecule has 0 aliphatic rings. The summed E-state index contributed by atoms with van der Waals surface area (Å²) >= 11 is 0. The van der Waals surface area contributed by atoms with Gasteiger partial charge in [0.15, 0.2) is 0 Å². The van der Waals surface area contributed by atoms with E-state index in [1.807, 2.05) is 33.8 Å². The quantitative estimate of drug-likeness (QED) is 0.616. The van der Waals surface area contributed by atoms with Crippen molar-refractivity contribution >= 4 is 17.9 Å². The number of amides is 3. The molecule has 2 atom stereocenters. The predicted molar refractivity (Wildman–Crippen MR) is 104 cm³/mol. The molecule has 1 rings (SSSR count). The number of rotatable bonds is 9. The Hall–Kier alpha value is -2.57. The third-order valence-electron chi connectivity index (χ3n) is 4.15. The van der Waals surface area contributed by atoms with Crippen molar-refractivity contribution in [3.05, 3.63) is 35.4 Å². The fraction of sp³-hybridized carbons (Fsp3) is 0.550. The summed E-state index contributed by atoms with van der Waals surface area (Å²) in [6.07, 6.45) is 0.712. The van der Waals surface area contributed by atoms with Gasteiger partial charge in [0, 0.05) is 18.2 Å². The van der Waals surface area contributed by atoms with E-state index in [-0.39, 0.29) is 30.3 Å². The van der Waals surface area contributed by atoms with Gasteiger partial charge in [-0.25, -0.2) is 4.79 Å². The maximum Gasteiger partial charge on any atom is 0.407 e.